The molecular formula is C8H10O4. The Hall–Kier alpha value is -1.26. The van der Waals surface area contributed by atoms with Crippen LogP contribution in [0.2, 0.25) is 0 Å². The van der Waals surface area contributed by atoms with E-state index in [1.807, 2.05) is 0 Å². The van der Waals surface area contributed by atoms with Gasteiger partial charge in [0.15, 0.2) is 0 Å². The minimum atomic E-state index is 0.00435. The molecule has 0 radical (unpaired) electrons. The second-order valence-corrected chi connectivity index (χ2v) is 2.29. The van der Waals surface area contributed by atoms with Crippen molar-refractivity contribution in [3.8, 4) is 11.5 Å². The SMILES string of the molecule is COOCc1cc(O)cc(O)c1. The van der Waals surface area contributed by atoms with Crippen LogP contribution in [0.4, 0.5) is 0 Å². The topological polar surface area (TPSA) is 58.9 Å². The van der Waals surface area contributed by atoms with Gasteiger partial charge in [-0.05, 0) is 17.7 Å². The average Bonchev–Trinajstić information content (AvgIpc) is 1.99. The normalized spacial score (nSPS) is 10.1. The van der Waals surface area contributed by atoms with Crippen LogP contribution in [0.5, 0.6) is 11.5 Å². The first-order chi connectivity index (χ1) is 5.72. The highest BCUT2D eigenvalue weighted by Crippen LogP contribution is 2.20. The van der Waals surface area contributed by atoms with Crippen molar-refractivity contribution in [1.29, 1.82) is 0 Å². The number of phenolic OH excluding ortho intramolecular Hbond substituents is 2. The fourth-order valence-corrected chi connectivity index (χ4v) is 0.867. The van der Waals surface area contributed by atoms with Gasteiger partial charge >= 0.3 is 0 Å². The molecule has 0 saturated carbocycles. The van der Waals surface area contributed by atoms with Crippen molar-refractivity contribution in [2.45, 2.75) is 6.61 Å². The molecule has 4 nitrogen and oxygen atoms in total. The Morgan fingerprint density at radius 3 is 2.25 bits per heavy atom. The van der Waals surface area contributed by atoms with Gasteiger partial charge in [-0.2, -0.15) is 0 Å². The first-order valence-corrected chi connectivity index (χ1v) is 3.40. The van der Waals surface area contributed by atoms with E-state index in [-0.39, 0.29) is 18.1 Å². The summed E-state index contributed by atoms with van der Waals surface area (Å²) in [7, 11) is 1.39. The smallest absolute Gasteiger partial charge is 0.119 e. The van der Waals surface area contributed by atoms with Crippen LogP contribution in [0, 0.1) is 0 Å². The Kier molecular flexibility index (Phi) is 2.90. The molecule has 4 heteroatoms. The zero-order chi connectivity index (χ0) is 8.97. The molecule has 1 aromatic carbocycles. The van der Waals surface area contributed by atoms with Crippen LogP contribution in [-0.4, -0.2) is 17.3 Å². The number of benzene rings is 1. The second kappa shape index (κ2) is 3.94. The summed E-state index contributed by atoms with van der Waals surface area (Å²) < 4.78 is 0. The summed E-state index contributed by atoms with van der Waals surface area (Å²) in [6, 6.07) is 4.22. The van der Waals surface area contributed by atoms with Crippen molar-refractivity contribution in [3.05, 3.63) is 23.8 Å². The summed E-state index contributed by atoms with van der Waals surface area (Å²) in [6.45, 7) is 0.193. The lowest BCUT2D eigenvalue weighted by molar-refractivity contribution is -0.282. The van der Waals surface area contributed by atoms with Crippen molar-refractivity contribution in [3.63, 3.8) is 0 Å². The first-order valence-electron chi connectivity index (χ1n) is 3.40. The van der Waals surface area contributed by atoms with Crippen LogP contribution in [-0.2, 0) is 16.4 Å². The Bertz CT molecular complexity index is 239. The molecule has 0 spiro atoms. The molecule has 0 amide bonds. The fourth-order valence-electron chi connectivity index (χ4n) is 0.867. The second-order valence-electron chi connectivity index (χ2n) is 2.29. The number of rotatable bonds is 3. The molecule has 0 aliphatic heterocycles. The lowest BCUT2D eigenvalue weighted by Gasteiger charge is -2.01. The molecule has 0 unspecified atom stereocenters. The van der Waals surface area contributed by atoms with Gasteiger partial charge in [0, 0.05) is 6.07 Å². The Balaban J connectivity index is 2.72. The van der Waals surface area contributed by atoms with Crippen molar-refractivity contribution < 1.29 is 20.0 Å². The van der Waals surface area contributed by atoms with Gasteiger partial charge in [-0.3, -0.25) is 0 Å². The van der Waals surface area contributed by atoms with Crippen LogP contribution < -0.4 is 0 Å². The molecule has 2 N–H and O–H groups in total. The zero-order valence-electron chi connectivity index (χ0n) is 6.65. The lowest BCUT2D eigenvalue weighted by atomic mass is 10.2. The highest BCUT2D eigenvalue weighted by atomic mass is 17.2. The van der Waals surface area contributed by atoms with E-state index in [1.165, 1.54) is 25.3 Å². The van der Waals surface area contributed by atoms with E-state index >= 15 is 0 Å². The van der Waals surface area contributed by atoms with Gasteiger partial charge < -0.3 is 10.2 Å². The van der Waals surface area contributed by atoms with E-state index < -0.39 is 0 Å². The summed E-state index contributed by atoms with van der Waals surface area (Å²) in [5, 5.41) is 18.1. The maximum absolute atomic E-state index is 9.04. The predicted octanol–water partition coefficient (Wildman–Crippen LogP) is 1.18. The standard InChI is InChI=1S/C8H10O4/c1-11-12-5-6-2-7(9)4-8(10)3-6/h2-4,9-10H,5H2,1H3. The predicted molar refractivity (Wildman–Crippen MR) is 41.6 cm³/mol. The molecule has 12 heavy (non-hydrogen) atoms. The van der Waals surface area contributed by atoms with E-state index in [1.54, 1.807) is 0 Å². The minimum Gasteiger partial charge on any atom is -0.508 e. The van der Waals surface area contributed by atoms with Crippen LogP contribution in [0.25, 0.3) is 0 Å². The van der Waals surface area contributed by atoms with Crippen LogP contribution in [0.3, 0.4) is 0 Å². The summed E-state index contributed by atoms with van der Waals surface area (Å²) in [4.78, 5) is 8.97. The first kappa shape index (κ1) is 8.83. The van der Waals surface area contributed by atoms with Crippen LogP contribution in [0.1, 0.15) is 5.56 Å². The summed E-state index contributed by atoms with van der Waals surface area (Å²) in [5.41, 5.74) is 0.648. The van der Waals surface area contributed by atoms with E-state index in [0.717, 1.165) is 0 Å². The van der Waals surface area contributed by atoms with Gasteiger partial charge in [0.25, 0.3) is 0 Å². The lowest BCUT2D eigenvalue weighted by Crippen LogP contribution is -1.90. The van der Waals surface area contributed by atoms with E-state index in [0.29, 0.717) is 5.56 Å². The zero-order valence-corrected chi connectivity index (χ0v) is 6.65. The van der Waals surface area contributed by atoms with E-state index in [4.69, 9.17) is 10.2 Å². The minimum absolute atomic E-state index is 0.00435. The van der Waals surface area contributed by atoms with Gasteiger partial charge in [-0.1, -0.05) is 0 Å². The molecule has 0 atom stereocenters. The van der Waals surface area contributed by atoms with Crippen LogP contribution >= 0.6 is 0 Å². The largest absolute Gasteiger partial charge is 0.508 e. The molecular weight excluding hydrogens is 160 g/mol. The molecule has 0 heterocycles. The highest BCUT2D eigenvalue weighted by Gasteiger charge is 1.98. The third-order valence-electron chi connectivity index (χ3n) is 1.31. The molecule has 0 bridgehead atoms. The monoisotopic (exact) mass is 170 g/mol. The summed E-state index contributed by atoms with van der Waals surface area (Å²) in [6.07, 6.45) is 0. The molecule has 0 aliphatic rings. The molecule has 0 saturated heterocycles. The Morgan fingerprint density at radius 1 is 1.17 bits per heavy atom. The molecule has 0 aromatic heterocycles. The quantitative estimate of drug-likeness (QED) is 0.528. The highest BCUT2D eigenvalue weighted by molar-refractivity contribution is 5.36. The summed E-state index contributed by atoms with van der Waals surface area (Å²) in [5.74, 6) is 0.00871. The van der Waals surface area contributed by atoms with Gasteiger partial charge in [0.05, 0.1) is 7.11 Å². The maximum atomic E-state index is 9.04. The van der Waals surface area contributed by atoms with Gasteiger partial charge in [-0.25, -0.2) is 9.78 Å². The number of hydrogen-bond donors (Lipinski definition) is 2. The van der Waals surface area contributed by atoms with Gasteiger partial charge in [0.1, 0.15) is 18.1 Å². The van der Waals surface area contributed by atoms with E-state index in [2.05, 4.69) is 9.78 Å². The van der Waals surface area contributed by atoms with Gasteiger partial charge in [0.2, 0.25) is 0 Å². The molecule has 0 fully saturated rings. The number of aromatic hydroxyl groups is 2. The van der Waals surface area contributed by atoms with Gasteiger partial charge in [-0.15, -0.1) is 0 Å². The van der Waals surface area contributed by atoms with Crippen molar-refractivity contribution in [2.24, 2.45) is 0 Å². The number of hydrogen-bond acceptors (Lipinski definition) is 4. The molecule has 66 valence electrons. The fraction of sp³-hybridized carbons (Fsp3) is 0.250. The van der Waals surface area contributed by atoms with Crippen LogP contribution in [0.15, 0.2) is 18.2 Å². The van der Waals surface area contributed by atoms with E-state index in [9.17, 15) is 0 Å². The number of phenols is 2. The molecule has 0 aliphatic carbocycles. The third-order valence-corrected chi connectivity index (χ3v) is 1.31. The Morgan fingerprint density at radius 2 is 1.75 bits per heavy atom. The maximum Gasteiger partial charge on any atom is 0.119 e. The van der Waals surface area contributed by atoms with Crippen molar-refractivity contribution in [2.75, 3.05) is 7.11 Å². The molecule has 1 aromatic rings. The Labute approximate surface area is 69.9 Å². The summed E-state index contributed by atoms with van der Waals surface area (Å²) >= 11 is 0. The van der Waals surface area contributed by atoms with Crippen molar-refractivity contribution >= 4 is 0 Å². The average molecular weight is 170 g/mol. The molecule has 1 rings (SSSR count). The van der Waals surface area contributed by atoms with Crippen molar-refractivity contribution in [1.82, 2.24) is 0 Å². The third kappa shape index (κ3) is 2.41.